The van der Waals surface area contributed by atoms with Gasteiger partial charge in [-0.2, -0.15) is 0 Å². The minimum absolute atomic E-state index is 0.107. The Balaban J connectivity index is 0.000000151. The highest BCUT2D eigenvalue weighted by molar-refractivity contribution is 5.80. The zero-order valence-electron chi connectivity index (χ0n) is 16.7. The van der Waals surface area contributed by atoms with Gasteiger partial charge in [-0.05, 0) is 71.2 Å². The summed E-state index contributed by atoms with van der Waals surface area (Å²) in [6.45, 7) is 13.2. The maximum absolute atomic E-state index is 4.35. The Kier molecular flexibility index (Phi) is 4.66. The number of aromatic nitrogens is 3. The van der Waals surface area contributed by atoms with Crippen LogP contribution in [0.4, 0.5) is 0 Å². The molecule has 3 heteroatoms. The Hall–Kier alpha value is -2.55. The van der Waals surface area contributed by atoms with Crippen molar-refractivity contribution in [1.82, 2.24) is 14.1 Å². The minimum atomic E-state index is 0.107. The lowest BCUT2D eigenvalue weighted by atomic mass is 10.1. The van der Waals surface area contributed by atoms with E-state index in [0.717, 1.165) is 5.52 Å². The molecule has 0 saturated heterocycles. The van der Waals surface area contributed by atoms with Gasteiger partial charge in [0.05, 0.1) is 17.4 Å². The van der Waals surface area contributed by atoms with Crippen LogP contribution in [0.3, 0.4) is 0 Å². The lowest BCUT2D eigenvalue weighted by Crippen LogP contribution is -2.20. The summed E-state index contributed by atoms with van der Waals surface area (Å²) >= 11 is 0. The number of hydrogen-bond donors (Lipinski definition) is 0. The van der Waals surface area contributed by atoms with Gasteiger partial charge >= 0.3 is 0 Å². The summed E-state index contributed by atoms with van der Waals surface area (Å²) in [6, 6.07) is 18.9. The lowest BCUT2D eigenvalue weighted by Gasteiger charge is -2.22. The van der Waals surface area contributed by atoms with Crippen molar-refractivity contribution in [3.05, 3.63) is 67.1 Å². The number of benzene rings is 2. The number of hydrogen-bond acceptors (Lipinski definition) is 1. The van der Waals surface area contributed by atoms with Gasteiger partial charge in [-0.15, -0.1) is 0 Å². The summed E-state index contributed by atoms with van der Waals surface area (Å²) in [4.78, 5) is 4.35. The normalized spacial score (nSPS) is 12.2. The van der Waals surface area contributed by atoms with E-state index < -0.39 is 0 Å². The number of nitrogens with zero attached hydrogens (tertiary/aromatic N) is 3. The van der Waals surface area contributed by atoms with Gasteiger partial charge in [-0.3, -0.25) is 0 Å². The van der Waals surface area contributed by atoms with Gasteiger partial charge in [0.1, 0.15) is 0 Å². The van der Waals surface area contributed by atoms with Crippen LogP contribution in [0.1, 0.15) is 41.5 Å². The summed E-state index contributed by atoms with van der Waals surface area (Å²) in [5.41, 5.74) is 3.86. The van der Waals surface area contributed by atoms with Crippen molar-refractivity contribution >= 4 is 21.9 Å². The lowest BCUT2D eigenvalue weighted by molar-refractivity contribution is 0.408. The molecule has 0 bridgehead atoms. The molecule has 4 rings (SSSR count). The van der Waals surface area contributed by atoms with Gasteiger partial charge in [0.2, 0.25) is 0 Å². The van der Waals surface area contributed by atoms with Gasteiger partial charge in [0.15, 0.2) is 0 Å². The standard InChI is InChI=1S/C12H15N.C11H14N2/c1-12(2,3)13-9-8-10-6-4-5-7-11(10)13;1-11(2,3)13-8-12-9-6-4-5-7-10(9)13/h4-9H,1-3H3;4-8H,1-3H3. The second kappa shape index (κ2) is 6.64. The fraction of sp³-hybridized carbons (Fsp3) is 0.348. The van der Waals surface area contributed by atoms with Crippen molar-refractivity contribution in [2.24, 2.45) is 0 Å². The first-order valence-electron chi connectivity index (χ1n) is 9.17. The highest BCUT2D eigenvalue weighted by Crippen LogP contribution is 2.23. The average molecular weight is 348 g/mol. The fourth-order valence-electron chi connectivity index (χ4n) is 3.16. The number of para-hydroxylation sites is 3. The van der Waals surface area contributed by atoms with Crippen molar-refractivity contribution in [3.63, 3.8) is 0 Å². The van der Waals surface area contributed by atoms with Crippen LogP contribution in [0, 0.1) is 0 Å². The van der Waals surface area contributed by atoms with E-state index in [4.69, 9.17) is 0 Å². The van der Waals surface area contributed by atoms with Crippen molar-refractivity contribution in [2.45, 2.75) is 52.6 Å². The van der Waals surface area contributed by atoms with Crippen molar-refractivity contribution in [1.29, 1.82) is 0 Å². The highest BCUT2D eigenvalue weighted by atomic mass is 15.1. The molecule has 0 aliphatic heterocycles. The molecule has 0 spiro atoms. The Morgan fingerprint density at radius 1 is 0.654 bits per heavy atom. The van der Waals surface area contributed by atoms with E-state index >= 15 is 0 Å². The minimum Gasteiger partial charge on any atom is -0.342 e. The SMILES string of the molecule is CC(C)(C)n1ccc2ccccc21.CC(C)(C)n1cnc2ccccc21. The molecule has 0 radical (unpaired) electrons. The summed E-state index contributed by atoms with van der Waals surface area (Å²) < 4.78 is 4.50. The molecular weight excluding hydrogens is 318 g/mol. The van der Waals surface area contributed by atoms with E-state index in [-0.39, 0.29) is 11.1 Å². The van der Waals surface area contributed by atoms with Gasteiger partial charge in [-0.1, -0.05) is 30.3 Å². The third-order valence-electron chi connectivity index (χ3n) is 4.50. The van der Waals surface area contributed by atoms with Crippen LogP contribution in [-0.4, -0.2) is 14.1 Å². The number of rotatable bonds is 0. The number of fused-ring (bicyclic) bond motifs is 2. The molecular formula is C23H29N3. The number of imidazole rings is 1. The first-order chi connectivity index (χ1) is 12.2. The summed E-state index contributed by atoms with van der Waals surface area (Å²) in [7, 11) is 0. The summed E-state index contributed by atoms with van der Waals surface area (Å²) in [5.74, 6) is 0. The molecule has 0 aliphatic carbocycles. The third-order valence-corrected chi connectivity index (χ3v) is 4.50. The molecule has 2 aromatic heterocycles. The smallest absolute Gasteiger partial charge is 0.0963 e. The van der Waals surface area contributed by atoms with E-state index in [9.17, 15) is 0 Å². The summed E-state index contributed by atoms with van der Waals surface area (Å²) in [5, 5.41) is 1.32. The van der Waals surface area contributed by atoms with Crippen LogP contribution in [0.5, 0.6) is 0 Å². The molecule has 3 nitrogen and oxygen atoms in total. The molecule has 2 heterocycles. The van der Waals surface area contributed by atoms with Crippen molar-refractivity contribution in [3.8, 4) is 0 Å². The van der Waals surface area contributed by atoms with Gasteiger partial charge in [0.25, 0.3) is 0 Å². The largest absolute Gasteiger partial charge is 0.342 e. The van der Waals surface area contributed by atoms with Crippen LogP contribution in [-0.2, 0) is 11.1 Å². The van der Waals surface area contributed by atoms with E-state index in [0.29, 0.717) is 0 Å². The zero-order chi connectivity index (χ0) is 18.9. The van der Waals surface area contributed by atoms with E-state index in [1.807, 2.05) is 24.5 Å². The molecule has 0 unspecified atom stereocenters. The Morgan fingerprint density at radius 3 is 1.88 bits per heavy atom. The predicted octanol–water partition coefficient (Wildman–Crippen LogP) is 6.19. The van der Waals surface area contributed by atoms with Crippen LogP contribution in [0.2, 0.25) is 0 Å². The fourth-order valence-corrected chi connectivity index (χ4v) is 3.16. The molecule has 136 valence electrons. The summed E-state index contributed by atoms with van der Waals surface area (Å²) in [6.07, 6.45) is 4.06. The quantitative estimate of drug-likeness (QED) is 0.372. The van der Waals surface area contributed by atoms with Gasteiger partial charge in [-0.25, -0.2) is 4.98 Å². The van der Waals surface area contributed by atoms with Crippen LogP contribution < -0.4 is 0 Å². The monoisotopic (exact) mass is 347 g/mol. The van der Waals surface area contributed by atoms with Gasteiger partial charge in [0, 0.05) is 22.8 Å². The molecule has 26 heavy (non-hydrogen) atoms. The van der Waals surface area contributed by atoms with E-state index in [1.54, 1.807) is 0 Å². The first-order valence-corrected chi connectivity index (χ1v) is 9.17. The first kappa shape index (κ1) is 18.2. The van der Waals surface area contributed by atoms with E-state index in [2.05, 4.69) is 98.3 Å². The van der Waals surface area contributed by atoms with Gasteiger partial charge < -0.3 is 9.13 Å². The molecule has 0 N–H and O–H groups in total. The Bertz CT molecular complexity index is 923. The van der Waals surface area contributed by atoms with Crippen LogP contribution in [0.25, 0.3) is 21.9 Å². The second-order valence-corrected chi connectivity index (χ2v) is 8.69. The third kappa shape index (κ3) is 3.67. The molecule has 2 aromatic carbocycles. The molecule has 4 aromatic rings. The molecule has 0 amide bonds. The van der Waals surface area contributed by atoms with Crippen LogP contribution in [0.15, 0.2) is 67.1 Å². The van der Waals surface area contributed by atoms with Crippen molar-refractivity contribution in [2.75, 3.05) is 0 Å². The van der Waals surface area contributed by atoms with Crippen LogP contribution >= 0.6 is 0 Å². The molecule has 0 atom stereocenters. The van der Waals surface area contributed by atoms with Crippen molar-refractivity contribution < 1.29 is 0 Å². The predicted molar refractivity (Wildman–Crippen MR) is 112 cm³/mol. The Labute approximate surface area is 156 Å². The average Bonchev–Trinajstić information content (AvgIpc) is 3.19. The topological polar surface area (TPSA) is 22.8 Å². The molecule has 0 fully saturated rings. The molecule has 0 aliphatic rings. The zero-order valence-corrected chi connectivity index (χ0v) is 16.7. The maximum Gasteiger partial charge on any atom is 0.0963 e. The molecule has 0 saturated carbocycles. The highest BCUT2D eigenvalue weighted by Gasteiger charge is 2.15. The maximum atomic E-state index is 4.35. The van der Waals surface area contributed by atoms with E-state index in [1.165, 1.54) is 16.4 Å². The second-order valence-electron chi connectivity index (χ2n) is 8.69. The Morgan fingerprint density at radius 2 is 1.23 bits per heavy atom.